The Labute approximate surface area is 165 Å². The highest BCUT2D eigenvalue weighted by molar-refractivity contribution is 6.09. The van der Waals surface area contributed by atoms with Crippen molar-refractivity contribution in [2.75, 3.05) is 0 Å². The Bertz CT molecular complexity index is 1300. The Balaban J connectivity index is 1.76. The second-order valence-corrected chi connectivity index (χ2v) is 7.24. The first-order valence-electron chi connectivity index (χ1n) is 9.18. The maximum atomic E-state index is 13.1. The molecule has 0 amide bonds. The predicted molar refractivity (Wildman–Crippen MR) is 106 cm³/mol. The molecule has 6 rings (SSSR count). The van der Waals surface area contributed by atoms with E-state index in [0.717, 1.165) is 10.8 Å². The van der Waals surface area contributed by atoms with Gasteiger partial charge >= 0.3 is 5.97 Å². The maximum Gasteiger partial charge on any atom is 0.340 e. The van der Waals surface area contributed by atoms with Crippen molar-refractivity contribution in [1.29, 1.82) is 0 Å². The fourth-order valence-corrected chi connectivity index (χ4v) is 4.47. The van der Waals surface area contributed by atoms with Crippen LogP contribution in [0.5, 0.6) is 23.0 Å². The summed E-state index contributed by atoms with van der Waals surface area (Å²) >= 11 is 0. The lowest BCUT2D eigenvalue weighted by molar-refractivity contribution is 0.0225. The van der Waals surface area contributed by atoms with Crippen LogP contribution in [-0.4, -0.2) is 16.2 Å². The van der Waals surface area contributed by atoms with E-state index in [1.165, 1.54) is 12.1 Å². The predicted octanol–water partition coefficient (Wildman–Crippen LogP) is 4.82. The number of ether oxygens (including phenoxy) is 2. The van der Waals surface area contributed by atoms with Crippen LogP contribution in [0.1, 0.15) is 27.0 Å². The van der Waals surface area contributed by atoms with E-state index in [-0.39, 0.29) is 11.5 Å². The van der Waals surface area contributed by atoms with Gasteiger partial charge in [0.25, 0.3) is 0 Å². The lowest BCUT2D eigenvalue weighted by atomic mass is 9.77. The van der Waals surface area contributed by atoms with Gasteiger partial charge in [-0.3, -0.25) is 0 Å². The van der Waals surface area contributed by atoms with E-state index in [4.69, 9.17) is 9.47 Å². The standard InChI is InChI=1S/C24H14O5/c25-14-6-9-17-20(11-14)28-21-12-15(26)7-10-18(21)24(17)19-8-5-13-3-1-2-4-16(13)22(19)23(27)29-24/h1-12,25-26H. The number of carbonyl (C=O) groups is 1. The van der Waals surface area contributed by atoms with Crippen LogP contribution in [0, 0.1) is 0 Å². The van der Waals surface area contributed by atoms with Crippen molar-refractivity contribution in [2.45, 2.75) is 5.60 Å². The van der Waals surface area contributed by atoms with Gasteiger partial charge in [-0.2, -0.15) is 0 Å². The molecule has 2 aliphatic heterocycles. The number of hydrogen-bond acceptors (Lipinski definition) is 5. The van der Waals surface area contributed by atoms with E-state index >= 15 is 0 Å². The zero-order valence-electron chi connectivity index (χ0n) is 15.0. The SMILES string of the molecule is O=C1OC2(c3ccc(O)cc3Oc3cc(O)ccc32)c2ccc3ccccc3c21. The summed E-state index contributed by atoms with van der Waals surface area (Å²) in [4.78, 5) is 13.1. The largest absolute Gasteiger partial charge is 0.508 e. The molecule has 4 aromatic carbocycles. The second kappa shape index (κ2) is 5.29. The molecular weight excluding hydrogens is 368 g/mol. The molecule has 0 unspecified atom stereocenters. The first-order valence-corrected chi connectivity index (χ1v) is 9.18. The van der Waals surface area contributed by atoms with Crippen LogP contribution in [0.3, 0.4) is 0 Å². The van der Waals surface area contributed by atoms with Crippen molar-refractivity contribution in [3.8, 4) is 23.0 Å². The van der Waals surface area contributed by atoms with Crippen LogP contribution in [0.2, 0.25) is 0 Å². The average molecular weight is 382 g/mol. The van der Waals surface area contributed by atoms with Crippen LogP contribution in [0.15, 0.2) is 72.8 Å². The lowest BCUT2D eigenvalue weighted by Gasteiger charge is -2.36. The van der Waals surface area contributed by atoms with E-state index < -0.39 is 11.6 Å². The first kappa shape index (κ1) is 16.0. The van der Waals surface area contributed by atoms with E-state index in [0.29, 0.717) is 33.8 Å². The van der Waals surface area contributed by atoms with Gasteiger partial charge in [-0.1, -0.05) is 36.4 Å². The quantitative estimate of drug-likeness (QED) is 0.427. The zero-order chi connectivity index (χ0) is 19.8. The second-order valence-electron chi connectivity index (χ2n) is 7.24. The molecule has 0 atom stereocenters. The van der Waals surface area contributed by atoms with Gasteiger partial charge in [0.1, 0.15) is 23.0 Å². The molecule has 5 nitrogen and oxygen atoms in total. The summed E-state index contributed by atoms with van der Waals surface area (Å²) in [6, 6.07) is 21.0. The van der Waals surface area contributed by atoms with Crippen LogP contribution >= 0.6 is 0 Å². The minimum absolute atomic E-state index is 0.0329. The van der Waals surface area contributed by atoms with Crippen LogP contribution in [-0.2, 0) is 10.3 Å². The van der Waals surface area contributed by atoms with E-state index in [2.05, 4.69) is 0 Å². The number of hydrogen-bond donors (Lipinski definition) is 2. The summed E-state index contributed by atoms with van der Waals surface area (Å²) in [7, 11) is 0. The molecule has 2 N–H and O–H groups in total. The zero-order valence-corrected chi connectivity index (χ0v) is 15.0. The molecule has 0 aliphatic carbocycles. The molecule has 2 aliphatic rings. The van der Waals surface area contributed by atoms with Crippen molar-refractivity contribution in [3.63, 3.8) is 0 Å². The van der Waals surface area contributed by atoms with Gasteiger partial charge in [-0.25, -0.2) is 4.79 Å². The fraction of sp³-hybridized carbons (Fsp3) is 0.0417. The molecule has 29 heavy (non-hydrogen) atoms. The van der Waals surface area contributed by atoms with E-state index in [1.807, 2.05) is 36.4 Å². The smallest absolute Gasteiger partial charge is 0.340 e. The Morgan fingerprint density at radius 2 is 1.34 bits per heavy atom. The summed E-state index contributed by atoms with van der Waals surface area (Å²) in [6.45, 7) is 0. The third kappa shape index (κ3) is 1.96. The van der Waals surface area contributed by atoms with Gasteiger partial charge in [-0.15, -0.1) is 0 Å². The van der Waals surface area contributed by atoms with E-state index in [1.54, 1.807) is 24.3 Å². The van der Waals surface area contributed by atoms with Gasteiger partial charge in [-0.05, 0) is 35.0 Å². The Hall–Kier alpha value is -3.99. The molecule has 4 aromatic rings. The number of esters is 1. The Morgan fingerprint density at radius 1 is 0.724 bits per heavy atom. The molecule has 0 saturated heterocycles. The van der Waals surface area contributed by atoms with E-state index in [9.17, 15) is 15.0 Å². The summed E-state index contributed by atoms with van der Waals surface area (Å²) in [5.74, 6) is 0.390. The molecule has 0 saturated carbocycles. The Morgan fingerprint density at radius 3 is 2.03 bits per heavy atom. The fourth-order valence-electron chi connectivity index (χ4n) is 4.47. The summed E-state index contributed by atoms with van der Waals surface area (Å²) in [6.07, 6.45) is 0. The van der Waals surface area contributed by atoms with Gasteiger partial charge in [0.2, 0.25) is 0 Å². The van der Waals surface area contributed by atoms with Crippen molar-refractivity contribution < 1.29 is 24.5 Å². The molecular formula is C24H14O5. The van der Waals surface area contributed by atoms with Crippen molar-refractivity contribution in [3.05, 3.63) is 95.1 Å². The van der Waals surface area contributed by atoms with Gasteiger partial charge in [0.15, 0.2) is 5.60 Å². The van der Waals surface area contributed by atoms with Crippen LogP contribution < -0.4 is 4.74 Å². The van der Waals surface area contributed by atoms with Crippen molar-refractivity contribution >= 4 is 16.7 Å². The van der Waals surface area contributed by atoms with Gasteiger partial charge in [0.05, 0.1) is 5.56 Å². The van der Waals surface area contributed by atoms with Crippen LogP contribution in [0.4, 0.5) is 0 Å². The maximum absolute atomic E-state index is 13.1. The molecule has 140 valence electrons. The van der Waals surface area contributed by atoms with Crippen molar-refractivity contribution in [1.82, 2.24) is 0 Å². The van der Waals surface area contributed by atoms with Gasteiger partial charge < -0.3 is 19.7 Å². The van der Waals surface area contributed by atoms with Gasteiger partial charge in [0, 0.05) is 28.8 Å². The topological polar surface area (TPSA) is 76.0 Å². The monoisotopic (exact) mass is 382 g/mol. The molecule has 5 heteroatoms. The van der Waals surface area contributed by atoms with Crippen molar-refractivity contribution in [2.24, 2.45) is 0 Å². The number of phenols is 2. The number of carbonyl (C=O) groups excluding carboxylic acids is 1. The first-order chi connectivity index (χ1) is 14.1. The highest BCUT2D eigenvalue weighted by atomic mass is 16.6. The molecule has 2 heterocycles. The number of benzene rings is 4. The molecule has 0 radical (unpaired) electrons. The molecule has 1 spiro atoms. The Kier molecular flexibility index (Phi) is 2.92. The molecule has 0 aromatic heterocycles. The molecule has 0 fully saturated rings. The minimum atomic E-state index is -1.22. The number of aromatic hydroxyl groups is 2. The highest BCUT2D eigenvalue weighted by Gasteiger charge is 2.54. The minimum Gasteiger partial charge on any atom is -0.508 e. The highest BCUT2D eigenvalue weighted by Crippen LogP contribution is 2.57. The third-order valence-electron chi connectivity index (χ3n) is 5.67. The van der Waals surface area contributed by atoms with Crippen LogP contribution in [0.25, 0.3) is 10.8 Å². The number of rotatable bonds is 0. The lowest BCUT2D eigenvalue weighted by Crippen LogP contribution is -2.32. The molecule has 0 bridgehead atoms. The normalized spacial score (nSPS) is 15.4. The summed E-state index contributed by atoms with van der Waals surface area (Å²) < 4.78 is 12.1. The summed E-state index contributed by atoms with van der Waals surface area (Å²) in [5, 5.41) is 21.7. The number of phenolic OH excluding ortho intramolecular Hbond substituents is 2. The summed E-state index contributed by atoms with van der Waals surface area (Å²) in [5.41, 5.74) is 1.25. The third-order valence-corrected chi connectivity index (χ3v) is 5.67. The average Bonchev–Trinajstić information content (AvgIpc) is 3.01. The number of fused-ring (bicyclic) bond motifs is 8.